The zero-order valence-electron chi connectivity index (χ0n) is 15.5. The monoisotopic (exact) mass is 350 g/mol. The highest BCUT2D eigenvalue weighted by molar-refractivity contribution is 6.03. The van der Waals surface area contributed by atoms with Crippen molar-refractivity contribution in [2.45, 2.75) is 39.0 Å². The highest BCUT2D eigenvalue weighted by Crippen LogP contribution is 2.29. The summed E-state index contributed by atoms with van der Waals surface area (Å²) in [5, 5.41) is 0. The van der Waals surface area contributed by atoms with Crippen molar-refractivity contribution in [1.29, 1.82) is 0 Å². The third kappa shape index (κ3) is 4.21. The number of rotatable bonds is 6. The second-order valence-corrected chi connectivity index (χ2v) is 7.14. The van der Waals surface area contributed by atoms with Crippen LogP contribution in [-0.2, 0) is 16.0 Å². The molecule has 2 aromatic carbocycles. The zero-order chi connectivity index (χ0) is 18.5. The van der Waals surface area contributed by atoms with Gasteiger partial charge in [-0.1, -0.05) is 49.7 Å². The summed E-state index contributed by atoms with van der Waals surface area (Å²) in [4.78, 5) is 24.8. The summed E-state index contributed by atoms with van der Waals surface area (Å²) in [5.74, 6) is 1.12. The minimum Gasteiger partial charge on any atom is -0.497 e. The summed E-state index contributed by atoms with van der Waals surface area (Å²) >= 11 is 0. The van der Waals surface area contributed by atoms with E-state index in [1.54, 1.807) is 7.11 Å². The molecule has 0 aromatic heterocycles. The molecule has 0 amide bonds. The van der Waals surface area contributed by atoms with Gasteiger partial charge in [-0.25, -0.2) is 0 Å². The van der Waals surface area contributed by atoms with Crippen molar-refractivity contribution in [1.82, 2.24) is 0 Å². The van der Waals surface area contributed by atoms with E-state index in [-0.39, 0.29) is 17.5 Å². The number of ether oxygens (including phenoxy) is 1. The van der Waals surface area contributed by atoms with Gasteiger partial charge in [0.1, 0.15) is 17.3 Å². The largest absolute Gasteiger partial charge is 0.497 e. The Kier molecular flexibility index (Phi) is 5.87. The highest BCUT2D eigenvalue weighted by atomic mass is 16.5. The third-order valence-corrected chi connectivity index (χ3v) is 5.46. The first-order valence-electron chi connectivity index (χ1n) is 9.39. The van der Waals surface area contributed by atoms with Crippen molar-refractivity contribution in [3.8, 4) is 16.9 Å². The molecule has 2 atom stereocenters. The van der Waals surface area contributed by atoms with Crippen LogP contribution >= 0.6 is 0 Å². The lowest BCUT2D eigenvalue weighted by Crippen LogP contribution is -2.31. The van der Waals surface area contributed by atoms with Gasteiger partial charge in [-0.2, -0.15) is 0 Å². The van der Waals surface area contributed by atoms with E-state index in [1.165, 1.54) is 0 Å². The van der Waals surface area contributed by atoms with Crippen molar-refractivity contribution in [3.63, 3.8) is 0 Å². The average Bonchev–Trinajstić information content (AvgIpc) is 2.68. The quantitative estimate of drug-likeness (QED) is 0.698. The molecule has 1 fully saturated rings. The second-order valence-electron chi connectivity index (χ2n) is 7.14. The van der Waals surface area contributed by atoms with Gasteiger partial charge >= 0.3 is 0 Å². The molecule has 0 bridgehead atoms. The molecule has 3 rings (SSSR count). The number of Topliss-reactive ketones (excluding diaryl/α,β-unsaturated/α-hetero) is 2. The minimum atomic E-state index is -0.390. The smallest absolute Gasteiger partial charge is 0.147 e. The lowest BCUT2D eigenvalue weighted by atomic mass is 9.77. The van der Waals surface area contributed by atoms with Gasteiger partial charge in [-0.05, 0) is 47.6 Å². The number of hydrogen-bond donors (Lipinski definition) is 0. The first-order valence-corrected chi connectivity index (χ1v) is 9.39. The Morgan fingerprint density at radius 3 is 2.15 bits per heavy atom. The second kappa shape index (κ2) is 8.31. The number of methoxy groups -OCH3 is 1. The van der Waals surface area contributed by atoms with Crippen LogP contribution in [0.5, 0.6) is 5.75 Å². The van der Waals surface area contributed by atoms with E-state index in [9.17, 15) is 9.59 Å². The highest BCUT2D eigenvalue weighted by Gasteiger charge is 2.32. The van der Waals surface area contributed by atoms with Crippen molar-refractivity contribution >= 4 is 11.6 Å². The Bertz CT molecular complexity index is 759. The van der Waals surface area contributed by atoms with Gasteiger partial charge in [0.05, 0.1) is 13.0 Å². The number of hydrogen-bond acceptors (Lipinski definition) is 3. The molecule has 2 aromatic rings. The molecule has 1 aliphatic carbocycles. The first kappa shape index (κ1) is 18.4. The van der Waals surface area contributed by atoms with Crippen LogP contribution < -0.4 is 4.74 Å². The Hall–Kier alpha value is -2.42. The Morgan fingerprint density at radius 1 is 1.00 bits per heavy atom. The van der Waals surface area contributed by atoms with Crippen molar-refractivity contribution in [2.24, 2.45) is 11.8 Å². The summed E-state index contributed by atoms with van der Waals surface area (Å²) < 4.78 is 5.18. The van der Waals surface area contributed by atoms with Crippen LogP contribution in [0.1, 0.15) is 38.2 Å². The van der Waals surface area contributed by atoms with Crippen LogP contribution in [0.4, 0.5) is 0 Å². The van der Waals surface area contributed by atoms with Crippen LogP contribution in [0.2, 0.25) is 0 Å². The van der Waals surface area contributed by atoms with Gasteiger partial charge in [0.2, 0.25) is 0 Å². The molecular weight excluding hydrogens is 324 g/mol. The van der Waals surface area contributed by atoms with E-state index in [0.717, 1.165) is 41.7 Å². The predicted molar refractivity (Wildman–Crippen MR) is 103 cm³/mol. The minimum absolute atomic E-state index is 0.0711. The van der Waals surface area contributed by atoms with Gasteiger partial charge < -0.3 is 4.74 Å². The topological polar surface area (TPSA) is 43.4 Å². The van der Waals surface area contributed by atoms with E-state index in [4.69, 9.17) is 4.74 Å². The van der Waals surface area contributed by atoms with E-state index in [1.807, 2.05) is 48.5 Å². The van der Waals surface area contributed by atoms with Gasteiger partial charge in [-0.3, -0.25) is 9.59 Å². The maximum atomic E-state index is 12.6. The first-order chi connectivity index (χ1) is 12.6. The number of carbonyl (C=O) groups is 2. The number of ketones is 2. The van der Waals surface area contributed by atoms with Crippen molar-refractivity contribution in [2.75, 3.05) is 7.11 Å². The van der Waals surface area contributed by atoms with E-state index in [2.05, 4.69) is 6.92 Å². The maximum Gasteiger partial charge on any atom is 0.147 e. The average molecular weight is 350 g/mol. The van der Waals surface area contributed by atoms with Gasteiger partial charge in [0.15, 0.2) is 0 Å². The molecule has 0 radical (unpaired) electrons. The standard InChI is InChI=1S/C23H26O3/c1-3-16-6-13-21(22(24)14-16)23(25)15-17-4-7-18(8-5-17)19-9-11-20(26-2)12-10-19/h4-5,7-12,16,21H,3,6,13-15H2,1-2H3. The molecule has 0 heterocycles. The Balaban J connectivity index is 1.63. The lowest BCUT2D eigenvalue weighted by Gasteiger charge is -2.25. The molecule has 2 unspecified atom stereocenters. The van der Waals surface area contributed by atoms with Crippen LogP contribution in [0, 0.1) is 11.8 Å². The summed E-state index contributed by atoms with van der Waals surface area (Å²) in [5.41, 5.74) is 3.18. The number of benzene rings is 2. The number of carbonyl (C=O) groups excluding carboxylic acids is 2. The Labute approximate surface area is 155 Å². The molecule has 26 heavy (non-hydrogen) atoms. The van der Waals surface area contributed by atoms with Crippen LogP contribution in [0.15, 0.2) is 48.5 Å². The normalized spacial score (nSPS) is 20.0. The molecule has 0 spiro atoms. The summed E-state index contributed by atoms with van der Waals surface area (Å²) in [7, 11) is 1.65. The molecule has 1 aliphatic rings. The molecular formula is C23H26O3. The fourth-order valence-corrected chi connectivity index (χ4v) is 3.70. The molecule has 1 saturated carbocycles. The molecule has 0 N–H and O–H groups in total. The molecule has 0 aliphatic heterocycles. The van der Waals surface area contributed by atoms with E-state index < -0.39 is 0 Å². The molecule has 3 nitrogen and oxygen atoms in total. The van der Waals surface area contributed by atoms with Crippen LogP contribution in [0.25, 0.3) is 11.1 Å². The fraction of sp³-hybridized carbons (Fsp3) is 0.391. The molecule has 0 saturated heterocycles. The maximum absolute atomic E-state index is 12.6. The van der Waals surface area contributed by atoms with Crippen LogP contribution in [0.3, 0.4) is 0 Å². The third-order valence-electron chi connectivity index (χ3n) is 5.46. The van der Waals surface area contributed by atoms with Crippen molar-refractivity contribution in [3.05, 3.63) is 54.1 Å². The Morgan fingerprint density at radius 2 is 1.62 bits per heavy atom. The van der Waals surface area contributed by atoms with Crippen LogP contribution in [-0.4, -0.2) is 18.7 Å². The summed E-state index contributed by atoms with van der Waals surface area (Å²) in [6, 6.07) is 15.9. The summed E-state index contributed by atoms with van der Waals surface area (Å²) in [6.07, 6.45) is 3.66. The molecule has 136 valence electrons. The van der Waals surface area contributed by atoms with Gasteiger partial charge in [0, 0.05) is 12.8 Å². The van der Waals surface area contributed by atoms with Gasteiger partial charge in [0.25, 0.3) is 0 Å². The fourth-order valence-electron chi connectivity index (χ4n) is 3.70. The van der Waals surface area contributed by atoms with E-state index >= 15 is 0 Å². The summed E-state index contributed by atoms with van der Waals surface area (Å²) in [6.45, 7) is 2.12. The predicted octanol–water partition coefficient (Wildman–Crippen LogP) is 4.87. The lowest BCUT2D eigenvalue weighted by molar-refractivity contribution is -0.135. The zero-order valence-corrected chi connectivity index (χ0v) is 15.5. The molecule has 3 heteroatoms. The van der Waals surface area contributed by atoms with E-state index in [0.29, 0.717) is 18.8 Å². The van der Waals surface area contributed by atoms with Crippen molar-refractivity contribution < 1.29 is 14.3 Å². The van der Waals surface area contributed by atoms with Gasteiger partial charge in [-0.15, -0.1) is 0 Å². The SMILES string of the molecule is CCC1CCC(C(=O)Cc2ccc(-c3ccc(OC)cc3)cc2)C(=O)C1.